The minimum Gasteiger partial charge on any atom is -0.323 e. The van der Waals surface area contributed by atoms with Gasteiger partial charge in [0.15, 0.2) is 0 Å². The van der Waals surface area contributed by atoms with Crippen molar-refractivity contribution in [1.82, 2.24) is 5.43 Å². The molecule has 0 fully saturated rings. The summed E-state index contributed by atoms with van der Waals surface area (Å²) >= 11 is 5.82. The Balaban J connectivity index is 1.52. The van der Waals surface area contributed by atoms with Crippen LogP contribution in [-0.4, -0.2) is 18.0 Å². The Kier molecular flexibility index (Phi) is 6.92. The lowest BCUT2D eigenvalue weighted by Crippen LogP contribution is -2.17. The summed E-state index contributed by atoms with van der Waals surface area (Å²) in [6.07, 6.45) is 4.72. The molecule has 2 N–H and O–H groups in total. The first-order chi connectivity index (χ1) is 14.1. The van der Waals surface area contributed by atoms with Gasteiger partial charge in [-0.15, -0.1) is 0 Å². The van der Waals surface area contributed by atoms with E-state index in [2.05, 4.69) is 15.8 Å². The molecule has 0 aliphatic rings. The van der Waals surface area contributed by atoms with Gasteiger partial charge in [0, 0.05) is 22.3 Å². The Labute approximate surface area is 173 Å². The maximum Gasteiger partial charge on any atom is 0.271 e. The van der Waals surface area contributed by atoms with Gasteiger partial charge in [0.2, 0.25) is 5.91 Å². The molecule has 0 bridgehead atoms. The number of carbonyl (C=O) groups excluding carboxylic acids is 2. The van der Waals surface area contributed by atoms with Gasteiger partial charge in [-0.05, 0) is 53.6 Å². The number of nitrogens with zero attached hydrogens (tertiary/aromatic N) is 1. The molecule has 3 aromatic rings. The highest BCUT2D eigenvalue weighted by molar-refractivity contribution is 6.30. The van der Waals surface area contributed by atoms with Gasteiger partial charge >= 0.3 is 0 Å². The van der Waals surface area contributed by atoms with E-state index in [9.17, 15) is 9.59 Å². The highest BCUT2D eigenvalue weighted by Gasteiger charge is 2.05. The van der Waals surface area contributed by atoms with Crippen molar-refractivity contribution >= 4 is 41.4 Å². The van der Waals surface area contributed by atoms with Crippen molar-refractivity contribution in [3.8, 4) is 0 Å². The molecular weight excluding hydrogens is 386 g/mol. The molecule has 0 unspecified atom stereocenters. The van der Waals surface area contributed by atoms with Gasteiger partial charge in [-0.2, -0.15) is 5.10 Å². The van der Waals surface area contributed by atoms with E-state index < -0.39 is 0 Å². The average molecular weight is 404 g/mol. The van der Waals surface area contributed by atoms with Gasteiger partial charge in [-0.1, -0.05) is 54.1 Å². The van der Waals surface area contributed by atoms with Crippen LogP contribution >= 0.6 is 11.6 Å². The molecule has 29 heavy (non-hydrogen) atoms. The van der Waals surface area contributed by atoms with E-state index in [4.69, 9.17) is 11.6 Å². The van der Waals surface area contributed by atoms with Gasteiger partial charge in [0.25, 0.3) is 5.91 Å². The van der Waals surface area contributed by atoms with E-state index >= 15 is 0 Å². The smallest absolute Gasteiger partial charge is 0.271 e. The predicted molar refractivity (Wildman–Crippen MR) is 117 cm³/mol. The van der Waals surface area contributed by atoms with Crippen molar-refractivity contribution in [3.05, 3.63) is 107 Å². The fourth-order valence-electron chi connectivity index (χ4n) is 2.40. The molecule has 0 spiro atoms. The monoisotopic (exact) mass is 403 g/mol. The maximum absolute atomic E-state index is 12.1. The highest BCUT2D eigenvalue weighted by atomic mass is 35.5. The number of benzene rings is 3. The molecule has 5 nitrogen and oxygen atoms in total. The number of nitrogens with one attached hydrogen (secondary N) is 2. The third kappa shape index (κ3) is 6.45. The standard InChI is InChI=1S/C23H18ClN3O2/c24-20-11-6-18(7-12-20)16-25-27-23(29)19-9-13-21(14-10-19)26-22(28)15-8-17-4-2-1-3-5-17/h1-16H,(H,26,28)(H,27,29)/b15-8+,25-16-. The molecule has 6 heteroatoms. The van der Waals surface area contributed by atoms with Crippen molar-refractivity contribution in [2.24, 2.45) is 5.10 Å². The second-order valence-electron chi connectivity index (χ2n) is 6.06. The molecule has 0 aliphatic heterocycles. The zero-order valence-corrected chi connectivity index (χ0v) is 16.1. The molecular formula is C23H18ClN3O2. The van der Waals surface area contributed by atoms with Gasteiger partial charge in [0.05, 0.1) is 6.21 Å². The zero-order valence-electron chi connectivity index (χ0n) is 15.4. The van der Waals surface area contributed by atoms with Crippen molar-refractivity contribution < 1.29 is 9.59 Å². The van der Waals surface area contributed by atoms with Crippen molar-refractivity contribution in [2.75, 3.05) is 5.32 Å². The van der Waals surface area contributed by atoms with Gasteiger partial charge < -0.3 is 5.32 Å². The second-order valence-corrected chi connectivity index (χ2v) is 6.50. The van der Waals surface area contributed by atoms with Crippen LogP contribution in [0.25, 0.3) is 6.08 Å². The summed E-state index contributed by atoms with van der Waals surface area (Å²) < 4.78 is 0. The Bertz CT molecular complexity index is 1030. The fourth-order valence-corrected chi connectivity index (χ4v) is 2.53. The van der Waals surface area contributed by atoms with Gasteiger partial charge in [-0.25, -0.2) is 5.43 Å². The van der Waals surface area contributed by atoms with E-state index in [0.717, 1.165) is 11.1 Å². The first-order valence-electron chi connectivity index (χ1n) is 8.83. The van der Waals surface area contributed by atoms with Crippen molar-refractivity contribution in [2.45, 2.75) is 0 Å². The third-order valence-corrected chi connectivity index (χ3v) is 4.14. The molecule has 0 saturated carbocycles. The molecule has 3 aromatic carbocycles. The van der Waals surface area contributed by atoms with Crippen LogP contribution in [0.2, 0.25) is 5.02 Å². The maximum atomic E-state index is 12.1. The van der Waals surface area contributed by atoms with Crippen molar-refractivity contribution in [1.29, 1.82) is 0 Å². The minimum absolute atomic E-state index is 0.251. The number of halogens is 1. The van der Waals surface area contributed by atoms with E-state index in [1.165, 1.54) is 12.3 Å². The molecule has 2 amide bonds. The lowest BCUT2D eigenvalue weighted by Gasteiger charge is -2.04. The van der Waals surface area contributed by atoms with Crippen LogP contribution in [0.1, 0.15) is 21.5 Å². The Morgan fingerprint density at radius 1 is 0.828 bits per heavy atom. The number of anilines is 1. The van der Waals surface area contributed by atoms with Crippen LogP contribution in [0.5, 0.6) is 0 Å². The molecule has 0 heterocycles. The van der Waals surface area contributed by atoms with Crippen LogP contribution in [0.3, 0.4) is 0 Å². The molecule has 0 aromatic heterocycles. The number of amides is 2. The van der Waals surface area contributed by atoms with Crippen LogP contribution in [-0.2, 0) is 4.79 Å². The highest BCUT2D eigenvalue weighted by Crippen LogP contribution is 2.11. The second kappa shape index (κ2) is 10.0. The summed E-state index contributed by atoms with van der Waals surface area (Å²) in [5, 5.41) is 7.31. The number of rotatable bonds is 6. The quantitative estimate of drug-likeness (QED) is 0.354. The minimum atomic E-state index is -0.350. The first kappa shape index (κ1) is 20.0. The lowest BCUT2D eigenvalue weighted by molar-refractivity contribution is -0.111. The van der Waals surface area contributed by atoms with E-state index in [1.807, 2.05) is 30.3 Å². The summed E-state index contributed by atoms with van der Waals surface area (Å²) in [5.74, 6) is -0.601. The summed E-state index contributed by atoms with van der Waals surface area (Å²) in [7, 11) is 0. The molecule has 0 radical (unpaired) electrons. The number of hydrogen-bond donors (Lipinski definition) is 2. The third-order valence-electron chi connectivity index (χ3n) is 3.89. The van der Waals surface area contributed by atoms with E-state index in [1.54, 1.807) is 54.6 Å². The Morgan fingerprint density at radius 3 is 2.21 bits per heavy atom. The van der Waals surface area contributed by atoms with Crippen LogP contribution in [0.15, 0.2) is 90.0 Å². The van der Waals surface area contributed by atoms with E-state index in [0.29, 0.717) is 16.3 Å². The first-order valence-corrected chi connectivity index (χ1v) is 9.21. The largest absolute Gasteiger partial charge is 0.323 e. The Morgan fingerprint density at radius 2 is 1.52 bits per heavy atom. The summed E-state index contributed by atoms with van der Waals surface area (Å²) in [6.45, 7) is 0. The van der Waals surface area contributed by atoms with Crippen LogP contribution < -0.4 is 10.7 Å². The van der Waals surface area contributed by atoms with Crippen LogP contribution in [0.4, 0.5) is 5.69 Å². The summed E-state index contributed by atoms with van der Waals surface area (Å²) in [6, 6.07) is 23.2. The zero-order chi connectivity index (χ0) is 20.5. The SMILES string of the molecule is O=C(/C=C/c1ccccc1)Nc1ccc(C(=O)N/N=C\c2ccc(Cl)cc2)cc1. The van der Waals surface area contributed by atoms with Gasteiger partial charge in [-0.3, -0.25) is 9.59 Å². The van der Waals surface area contributed by atoms with Crippen LogP contribution in [0, 0.1) is 0 Å². The summed E-state index contributed by atoms with van der Waals surface area (Å²) in [4.78, 5) is 24.1. The number of hydrogen-bond acceptors (Lipinski definition) is 3. The van der Waals surface area contributed by atoms with E-state index in [-0.39, 0.29) is 11.8 Å². The lowest BCUT2D eigenvalue weighted by atomic mass is 10.2. The average Bonchev–Trinajstić information content (AvgIpc) is 2.75. The van der Waals surface area contributed by atoms with Crippen molar-refractivity contribution in [3.63, 3.8) is 0 Å². The molecule has 144 valence electrons. The summed E-state index contributed by atoms with van der Waals surface area (Å²) in [5.41, 5.74) is 5.23. The molecule has 3 rings (SSSR count). The normalized spacial score (nSPS) is 10.9. The topological polar surface area (TPSA) is 70.6 Å². The molecule has 0 aliphatic carbocycles. The molecule has 0 atom stereocenters. The number of hydrazone groups is 1. The molecule has 0 saturated heterocycles. The fraction of sp³-hybridized carbons (Fsp3) is 0. The number of carbonyl (C=O) groups is 2. The Hall–Kier alpha value is -3.70. The predicted octanol–water partition coefficient (Wildman–Crippen LogP) is 4.76. The van der Waals surface area contributed by atoms with Gasteiger partial charge in [0.1, 0.15) is 0 Å².